The van der Waals surface area contributed by atoms with Gasteiger partial charge in [0, 0.05) is 31.4 Å². The monoisotopic (exact) mass is 289 g/mol. The van der Waals surface area contributed by atoms with E-state index in [1.165, 1.54) is 6.92 Å². The van der Waals surface area contributed by atoms with Gasteiger partial charge in [-0.25, -0.2) is 9.78 Å². The van der Waals surface area contributed by atoms with Crippen molar-refractivity contribution in [2.45, 2.75) is 25.8 Å². The Morgan fingerprint density at radius 2 is 2.24 bits per heavy atom. The molecule has 0 spiro atoms. The summed E-state index contributed by atoms with van der Waals surface area (Å²) in [5.74, 6) is 0.852. The van der Waals surface area contributed by atoms with Crippen LogP contribution in [0.15, 0.2) is 18.3 Å². The summed E-state index contributed by atoms with van der Waals surface area (Å²) in [7, 11) is 0. The van der Waals surface area contributed by atoms with Crippen LogP contribution in [0.2, 0.25) is 0 Å². The number of ketones is 1. The Morgan fingerprint density at radius 3 is 2.86 bits per heavy atom. The lowest BCUT2D eigenvalue weighted by Gasteiger charge is -2.44. The third-order valence-corrected chi connectivity index (χ3v) is 4.47. The molecule has 0 bridgehead atoms. The Labute approximate surface area is 123 Å². The topological polar surface area (TPSA) is 62.7 Å². The summed E-state index contributed by atoms with van der Waals surface area (Å²) >= 11 is 0. The Bertz CT molecular complexity index is 572. The lowest BCUT2D eigenvalue weighted by Crippen LogP contribution is -2.61. The van der Waals surface area contributed by atoms with Crippen LogP contribution in [0.5, 0.6) is 0 Å². The molecule has 2 aliphatic rings. The predicted molar refractivity (Wildman–Crippen MR) is 77.5 cm³/mol. The third kappa shape index (κ3) is 2.24. The van der Waals surface area contributed by atoms with Crippen molar-refractivity contribution in [2.24, 2.45) is 0 Å². The number of nitrogens with zero attached hydrogens (tertiary/aromatic N) is 3. The zero-order chi connectivity index (χ0) is 15.0. The normalized spacial score (nSPS) is 24.8. The minimum absolute atomic E-state index is 0.0127. The molecule has 2 fully saturated rings. The van der Waals surface area contributed by atoms with Crippen molar-refractivity contribution in [2.75, 3.05) is 31.1 Å². The van der Waals surface area contributed by atoms with Crippen LogP contribution < -0.4 is 4.90 Å². The van der Waals surface area contributed by atoms with E-state index in [1.54, 1.807) is 12.3 Å². The zero-order valence-corrected chi connectivity index (χ0v) is 12.3. The molecule has 2 aliphatic heterocycles. The average molecular weight is 289 g/mol. The summed E-state index contributed by atoms with van der Waals surface area (Å²) in [6, 6.07) is 3.67. The van der Waals surface area contributed by atoms with Crippen LogP contribution in [-0.4, -0.2) is 53.5 Å². The Kier molecular flexibility index (Phi) is 3.31. The molecule has 112 valence electrons. The van der Waals surface area contributed by atoms with Gasteiger partial charge in [-0.3, -0.25) is 9.69 Å². The lowest BCUT2D eigenvalue weighted by molar-refractivity contribution is 0.101. The number of Topliss-reactive ketones (excluding diaryl/α,β-unsaturated/α-hetero) is 1. The number of cyclic esters (lactones) is 1. The molecular weight excluding hydrogens is 270 g/mol. The van der Waals surface area contributed by atoms with Crippen LogP contribution in [0.3, 0.4) is 0 Å². The molecule has 0 N–H and O–H groups in total. The van der Waals surface area contributed by atoms with E-state index in [9.17, 15) is 9.59 Å². The fourth-order valence-corrected chi connectivity index (χ4v) is 3.04. The maximum atomic E-state index is 11.8. The number of ether oxygens (including phenoxy) is 1. The Morgan fingerprint density at radius 1 is 1.43 bits per heavy atom. The summed E-state index contributed by atoms with van der Waals surface area (Å²) in [6.07, 6.45) is 2.25. The minimum Gasteiger partial charge on any atom is -0.447 e. The average Bonchev–Trinajstić information content (AvgIpc) is 2.85. The fraction of sp³-hybridized carbons (Fsp3) is 0.533. The van der Waals surface area contributed by atoms with Gasteiger partial charge in [0.1, 0.15) is 12.4 Å². The van der Waals surface area contributed by atoms with Crippen LogP contribution in [0.25, 0.3) is 0 Å². The molecule has 0 radical (unpaired) electrons. The summed E-state index contributed by atoms with van der Waals surface area (Å²) in [5, 5.41) is 0. The molecule has 21 heavy (non-hydrogen) atoms. The number of rotatable bonds is 3. The van der Waals surface area contributed by atoms with Gasteiger partial charge in [0.15, 0.2) is 5.78 Å². The molecule has 1 amide bonds. The quantitative estimate of drug-likeness (QED) is 0.793. The van der Waals surface area contributed by atoms with E-state index in [1.807, 2.05) is 11.0 Å². The van der Waals surface area contributed by atoms with Gasteiger partial charge >= 0.3 is 6.09 Å². The fourth-order valence-electron chi connectivity index (χ4n) is 3.04. The molecule has 0 aromatic carbocycles. The Balaban J connectivity index is 1.81. The predicted octanol–water partition coefficient (Wildman–Crippen LogP) is 1.71. The molecule has 6 heteroatoms. The molecule has 6 nitrogen and oxygen atoms in total. The highest BCUT2D eigenvalue weighted by atomic mass is 16.6. The maximum Gasteiger partial charge on any atom is 0.410 e. The SMILES string of the molecule is CCC12COC(=O)N1CCN(c1ccc(C(C)=O)cn1)C2. The van der Waals surface area contributed by atoms with Crippen molar-refractivity contribution in [1.29, 1.82) is 0 Å². The Hall–Kier alpha value is -2.11. The largest absolute Gasteiger partial charge is 0.447 e. The second-order valence-corrected chi connectivity index (χ2v) is 5.67. The van der Waals surface area contributed by atoms with E-state index in [0.717, 1.165) is 18.8 Å². The second-order valence-electron chi connectivity index (χ2n) is 5.67. The highest BCUT2D eigenvalue weighted by Gasteiger charge is 2.49. The van der Waals surface area contributed by atoms with Crippen molar-refractivity contribution in [3.8, 4) is 0 Å². The van der Waals surface area contributed by atoms with Gasteiger partial charge in [0.2, 0.25) is 0 Å². The van der Waals surface area contributed by atoms with Crippen molar-refractivity contribution in [3.63, 3.8) is 0 Å². The van der Waals surface area contributed by atoms with E-state index in [-0.39, 0.29) is 17.4 Å². The molecule has 1 aromatic heterocycles. The molecule has 3 rings (SSSR count). The number of piperazine rings is 1. The van der Waals surface area contributed by atoms with Gasteiger partial charge in [-0.15, -0.1) is 0 Å². The van der Waals surface area contributed by atoms with E-state index in [2.05, 4.69) is 16.8 Å². The molecule has 3 heterocycles. The van der Waals surface area contributed by atoms with Gasteiger partial charge in [0.05, 0.1) is 5.54 Å². The summed E-state index contributed by atoms with van der Waals surface area (Å²) in [5.41, 5.74) is 0.359. The first-order valence-electron chi connectivity index (χ1n) is 7.22. The number of hydrogen-bond acceptors (Lipinski definition) is 5. The summed E-state index contributed by atoms with van der Waals surface area (Å²) in [4.78, 5) is 31.5. The first-order chi connectivity index (χ1) is 10.1. The van der Waals surface area contributed by atoms with Crippen molar-refractivity contribution < 1.29 is 14.3 Å². The molecule has 2 saturated heterocycles. The number of carbonyl (C=O) groups excluding carboxylic acids is 2. The standard InChI is InChI=1S/C15H19N3O3/c1-3-15-9-17(6-7-18(15)14(20)21-10-15)13-5-4-12(8-16-13)11(2)19/h4-5,8H,3,6-7,9-10H2,1-2H3. The molecule has 0 saturated carbocycles. The molecule has 1 aromatic rings. The summed E-state index contributed by atoms with van der Waals surface area (Å²) < 4.78 is 5.22. The van der Waals surface area contributed by atoms with Crippen molar-refractivity contribution >= 4 is 17.7 Å². The van der Waals surface area contributed by atoms with Crippen LogP contribution in [0.4, 0.5) is 10.6 Å². The van der Waals surface area contributed by atoms with Crippen molar-refractivity contribution in [3.05, 3.63) is 23.9 Å². The zero-order valence-electron chi connectivity index (χ0n) is 12.3. The van der Waals surface area contributed by atoms with Crippen LogP contribution in [-0.2, 0) is 4.74 Å². The van der Waals surface area contributed by atoms with Crippen LogP contribution in [0, 0.1) is 0 Å². The lowest BCUT2D eigenvalue weighted by atomic mass is 9.93. The van der Waals surface area contributed by atoms with Gasteiger partial charge in [-0.05, 0) is 25.5 Å². The smallest absolute Gasteiger partial charge is 0.410 e. The molecule has 1 atom stereocenters. The second kappa shape index (κ2) is 5.02. The number of carbonyl (C=O) groups is 2. The minimum atomic E-state index is -0.254. The highest BCUT2D eigenvalue weighted by molar-refractivity contribution is 5.93. The highest BCUT2D eigenvalue weighted by Crippen LogP contribution is 2.33. The van der Waals surface area contributed by atoms with E-state index < -0.39 is 0 Å². The summed E-state index contributed by atoms with van der Waals surface area (Å²) in [6.45, 7) is 6.12. The van der Waals surface area contributed by atoms with Crippen LogP contribution in [0.1, 0.15) is 30.6 Å². The van der Waals surface area contributed by atoms with Crippen LogP contribution >= 0.6 is 0 Å². The molecular formula is C15H19N3O3. The van der Waals surface area contributed by atoms with Gasteiger partial charge in [0.25, 0.3) is 0 Å². The van der Waals surface area contributed by atoms with E-state index >= 15 is 0 Å². The van der Waals surface area contributed by atoms with Crippen molar-refractivity contribution in [1.82, 2.24) is 9.88 Å². The number of pyridine rings is 1. The van der Waals surface area contributed by atoms with Gasteiger partial charge < -0.3 is 9.64 Å². The number of fused-ring (bicyclic) bond motifs is 1. The number of aromatic nitrogens is 1. The first-order valence-corrected chi connectivity index (χ1v) is 7.22. The van der Waals surface area contributed by atoms with Gasteiger partial charge in [-0.2, -0.15) is 0 Å². The number of amides is 1. The third-order valence-electron chi connectivity index (χ3n) is 4.47. The first kappa shape index (κ1) is 13.9. The molecule has 0 aliphatic carbocycles. The maximum absolute atomic E-state index is 11.8. The van der Waals surface area contributed by atoms with Gasteiger partial charge in [-0.1, -0.05) is 6.92 Å². The van der Waals surface area contributed by atoms with E-state index in [4.69, 9.17) is 4.74 Å². The number of hydrogen-bond donors (Lipinski definition) is 0. The number of anilines is 1. The van der Waals surface area contributed by atoms with E-state index in [0.29, 0.717) is 25.3 Å². The molecule has 1 unspecified atom stereocenters.